The smallest absolute Gasteiger partial charge is 0.299 e. The lowest BCUT2D eigenvalue weighted by atomic mass is 10.7. The lowest BCUT2D eigenvalue weighted by Crippen LogP contribution is -2.25. The lowest BCUT2D eigenvalue weighted by Gasteiger charge is -2.10. The van der Waals surface area contributed by atoms with Crippen molar-refractivity contribution in [3.05, 3.63) is 0 Å². The maximum absolute atomic E-state index is 10.5. The van der Waals surface area contributed by atoms with E-state index in [0.717, 1.165) is 4.31 Å². The van der Waals surface area contributed by atoms with Gasteiger partial charge in [-0.05, 0) is 0 Å². The van der Waals surface area contributed by atoms with Crippen LogP contribution in [0.5, 0.6) is 0 Å². The summed E-state index contributed by atoms with van der Waals surface area (Å²) in [4.78, 5) is 0. The van der Waals surface area contributed by atoms with Gasteiger partial charge in [0.05, 0.1) is 6.61 Å². The van der Waals surface area contributed by atoms with Crippen LogP contribution in [-0.2, 0) is 14.0 Å². The van der Waals surface area contributed by atoms with Gasteiger partial charge in [-0.3, -0.25) is 0 Å². The minimum Gasteiger partial charge on any atom is -0.383 e. The number of hydrogen-bond acceptors (Lipinski definition) is 3. The van der Waals surface area contributed by atoms with Crippen LogP contribution in [0.2, 0.25) is 0 Å². The van der Waals surface area contributed by atoms with E-state index < -0.39 is 9.24 Å². The molecule has 0 aromatic heterocycles. The van der Waals surface area contributed by atoms with Gasteiger partial charge in [0.1, 0.15) is 0 Å². The van der Waals surface area contributed by atoms with Crippen molar-refractivity contribution in [1.29, 1.82) is 0 Å². The monoisotopic (exact) mass is 187 g/mol. The molecule has 0 radical (unpaired) electrons. The van der Waals surface area contributed by atoms with Gasteiger partial charge < -0.3 is 4.74 Å². The fourth-order valence-electron chi connectivity index (χ4n) is 0.329. The average Bonchev–Trinajstić information content (AvgIpc) is 1.80. The molecule has 0 fully saturated rings. The van der Waals surface area contributed by atoms with Gasteiger partial charge in [0.2, 0.25) is 0 Å². The molecule has 0 aromatic rings. The zero-order valence-electron chi connectivity index (χ0n) is 5.87. The van der Waals surface area contributed by atoms with Crippen LogP contribution >= 0.6 is 10.7 Å². The van der Waals surface area contributed by atoms with E-state index >= 15 is 0 Å². The molecule has 62 valence electrons. The molecule has 0 aliphatic carbocycles. The molecule has 0 aliphatic rings. The summed E-state index contributed by atoms with van der Waals surface area (Å²) in [5, 5.41) is 0. The quantitative estimate of drug-likeness (QED) is 0.585. The van der Waals surface area contributed by atoms with E-state index in [2.05, 4.69) is 4.74 Å². The molecule has 0 unspecified atom stereocenters. The second-order valence-electron chi connectivity index (χ2n) is 1.76. The van der Waals surface area contributed by atoms with Crippen LogP contribution in [0.1, 0.15) is 0 Å². The van der Waals surface area contributed by atoms with Crippen LogP contribution in [0.15, 0.2) is 0 Å². The number of halogens is 1. The first-order valence-electron chi connectivity index (χ1n) is 2.63. The summed E-state index contributed by atoms with van der Waals surface area (Å²) in [6, 6.07) is 0. The molecular formula is C4H10ClNO3S. The molecule has 0 rings (SSSR count). The summed E-state index contributed by atoms with van der Waals surface area (Å²) in [5.74, 6) is 0. The van der Waals surface area contributed by atoms with E-state index in [0.29, 0.717) is 6.61 Å². The lowest BCUT2D eigenvalue weighted by molar-refractivity contribution is 0.185. The van der Waals surface area contributed by atoms with Gasteiger partial charge in [0.25, 0.3) is 9.24 Å². The van der Waals surface area contributed by atoms with E-state index in [1.54, 1.807) is 0 Å². The number of hydrogen-bond donors (Lipinski definition) is 0. The Morgan fingerprint density at radius 1 is 1.60 bits per heavy atom. The largest absolute Gasteiger partial charge is 0.383 e. The van der Waals surface area contributed by atoms with Crippen LogP contribution < -0.4 is 0 Å². The third kappa shape index (κ3) is 4.05. The van der Waals surface area contributed by atoms with Crippen molar-refractivity contribution in [2.75, 3.05) is 27.3 Å². The van der Waals surface area contributed by atoms with E-state index in [9.17, 15) is 8.42 Å². The molecule has 6 heteroatoms. The normalized spacial score (nSPS) is 12.4. The van der Waals surface area contributed by atoms with Gasteiger partial charge in [-0.25, -0.2) is 0 Å². The van der Waals surface area contributed by atoms with Crippen LogP contribution in [0.25, 0.3) is 0 Å². The van der Waals surface area contributed by atoms with Crippen LogP contribution in [0, 0.1) is 0 Å². The predicted molar refractivity (Wildman–Crippen MR) is 39.3 cm³/mol. The number of nitrogens with zero attached hydrogens (tertiary/aromatic N) is 1. The van der Waals surface area contributed by atoms with Gasteiger partial charge in [-0.15, -0.1) is 0 Å². The molecule has 0 spiro atoms. The van der Waals surface area contributed by atoms with Crippen molar-refractivity contribution < 1.29 is 13.2 Å². The number of methoxy groups -OCH3 is 1. The van der Waals surface area contributed by atoms with E-state index in [-0.39, 0.29) is 6.54 Å². The van der Waals surface area contributed by atoms with Crippen molar-refractivity contribution in [3.63, 3.8) is 0 Å². The second-order valence-corrected chi connectivity index (χ2v) is 4.37. The molecule has 0 aromatic carbocycles. The average molecular weight is 188 g/mol. The molecule has 0 bridgehead atoms. The highest BCUT2D eigenvalue weighted by atomic mass is 35.7. The van der Waals surface area contributed by atoms with Crippen molar-refractivity contribution in [2.24, 2.45) is 0 Å². The zero-order chi connectivity index (χ0) is 8.20. The van der Waals surface area contributed by atoms with E-state index in [4.69, 9.17) is 10.7 Å². The van der Waals surface area contributed by atoms with Crippen molar-refractivity contribution in [3.8, 4) is 0 Å². The summed E-state index contributed by atoms with van der Waals surface area (Å²) < 4.78 is 26.6. The molecule has 0 amide bonds. The zero-order valence-corrected chi connectivity index (χ0v) is 7.44. The van der Waals surface area contributed by atoms with Crippen molar-refractivity contribution in [2.45, 2.75) is 0 Å². The Balaban J connectivity index is 3.75. The standard InChI is InChI=1S/C4H10ClNO3S/c1-6(3-4-9-2)10(5,7)8/h3-4H2,1-2H3. The molecule has 0 atom stereocenters. The van der Waals surface area contributed by atoms with Gasteiger partial charge in [0, 0.05) is 31.4 Å². The van der Waals surface area contributed by atoms with Crippen LogP contribution in [0.4, 0.5) is 0 Å². The summed E-state index contributed by atoms with van der Waals surface area (Å²) in [6.07, 6.45) is 0. The number of likely N-dealkylation sites (N-methyl/N-ethyl adjacent to an activating group) is 1. The molecule has 10 heavy (non-hydrogen) atoms. The SMILES string of the molecule is COCCN(C)S(=O)(=O)Cl. The first kappa shape index (κ1) is 10.2. The number of ether oxygens (including phenoxy) is 1. The summed E-state index contributed by atoms with van der Waals surface area (Å²) in [7, 11) is 4.30. The summed E-state index contributed by atoms with van der Waals surface area (Å²) >= 11 is 0. The first-order valence-corrected chi connectivity index (χ1v) is 4.90. The first-order chi connectivity index (χ1) is 4.48. The maximum atomic E-state index is 10.5. The highest BCUT2D eigenvalue weighted by molar-refractivity contribution is 8.11. The Kier molecular flexibility index (Phi) is 4.19. The molecule has 0 aliphatic heterocycles. The molecular weight excluding hydrogens is 178 g/mol. The number of rotatable bonds is 4. The minimum atomic E-state index is -3.55. The molecule has 0 saturated carbocycles. The van der Waals surface area contributed by atoms with Gasteiger partial charge in [-0.1, -0.05) is 0 Å². The second kappa shape index (κ2) is 4.12. The Morgan fingerprint density at radius 2 is 2.10 bits per heavy atom. The minimum absolute atomic E-state index is 0.280. The molecule has 0 N–H and O–H groups in total. The van der Waals surface area contributed by atoms with Crippen molar-refractivity contribution >= 4 is 19.9 Å². The Labute approximate surface area is 65.3 Å². The maximum Gasteiger partial charge on any atom is 0.299 e. The summed E-state index contributed by atoms with van der Waals surface area (Å²) in [5.41, 5.74) is 0. The highest BCUT2D eigenvalue weighted by Crippen LogP contribution is 2.01. The third-order valence-electron chi connectivity index (χ3n) is 0.983. The Bertz CT molecular complexity index is 179. The van der Waals surface area contributed by atoms with Crippen LogP contribution in [0.3, 0.4) is 0 Å². The Morgan fingerprint density at radius 3 is 2.40 bits per heavy atom. The van der Waals surface area contributed by atoms with E-state index in [1.807, 2.05) is 0 Å². The highest BCUT2D eigenvalue weighted by Gasteiger charge is 2.11. The van der Waals surface area contributed by atoms with Gasteiger partial charge >= 0.3 is 0 Å². The molecule has 0 heterocycles. The van der Waals surface area contributed by atoms with Gasteiger partial charge in [-0.2, -0.15) is 12.7 Å². The van der Waals surface area contributed by atoms with Crippen LogP contribution in [-0.4, -0.2) is 40.0 Å². The topological polar surface area (TPSA) is 46.6 Å². The van der Waals surface area contributed by atoms with Gasteiger partial charge in [0.15, 0.2) is 0 Å². The van der Waals surface area contributed by atoms with Crippen molar-refractivity contribution in [1.82, 2.24) is 4.31 Å². The third-order valence-corrected chi connectivity index (χ3v) is 2.62. The molecule has 0 saturated heterocycles. The predicted octanol–water partition coefficient (Wildman–Crippen LogP) is 0.0482. The van der Waals surface area contributed by atoms with E-state index in [1.165, 1.54) is 14.2 Å². The molecule has 4 nitrogen and oxygen atoms in total. The fourth-order valence-corrected chi connectivity index (χ4v) is 0.829. The fraction of sp³-hybridized carbons (Fsp3) is 1.00. The summed E-state index contributed by atoms with van der Waals surface area (Å²) in [6.45, 7) is 0.630. The Hall–Kier alpha value is 0.160.